The minimum Gasteiger partial charge on any atom is -0.398 e. The number of amides is 3. The molecule has 0 bridgehead atoms. The van der Waals surface area contributed by atoms with Crippen LogP contribution in [0.2, 0.25) is 5.02 Å². The first-order chi connectivity index (χ1) is 7.90. The Morgan fingerprint density at radius 3 is 2.59 bits per heavy atom. The second-order valence-corrected chi connectivity index (χ2v) is 4.94. The van der Waals surface area contributed by atoms with E-state index < -0.39 is 22.7 Å². The molecule has 0 aromatic heterocycles. The number of halogens is 1. The maximum Gasteiger partial charge on any atom is 0.318 e. The Labute approximate surface area is 105 Å². The maximum absolute atomic E-state index is 11.7. The Hall–Kier alpha value is -1.60. The van der Waals surface area contributed by atoms with Gasteiger partial charge in [0.05, 0.1) is 21.5 Å². The second-order valence-electron chi connectivity index (χ2n) is 3.09. The molecule has 6 nitrogen and oxygen atoms in total. The fraction of sp³-hybridized carbons (Fsp3) is 0.111. The summed E-state index contributed by atoms with van der Waals surface area (Å²) in [5, 5.41) is 2.07. The van der Waals surface area contributed by atoms with Gasteiger partial charge in [-0.05, 0) is 18.2 Å². The van der Waals surface area contributed by atoms with E-state index in [1.807, 2.05) is 5.32 Å². The lowest BCUT2D eigenvalue weighted by Gasteiger charge is -2.04. The van der Waals surface area contributed by atoms with Gasteiger partial charge in [-0.2, -0.15) is 0 Å². The number of carbonyl (C=O) groups excluding carboxylic acids is 2. The molecule has 0 saturated heterocycles. The van der Waals surface area contributed by atoms with Gasteiger partial charge in [0.2, 0.25) is 5.91 Å². The quantitative estimate of drug-likeness (QED) is 0.685. The number of carbonyl (C=O) groups is 2. The monoisotopic (exact) mass is 275 g/mol. The number of hydrogen-bond acceptors (Lipinski definition) is 4. The minimum absolute atomic E-state index is 0.256. The number of nitrogens with two attached hydrogens (primary N) is 2. The van der Waals surface area contributed by atoms with E-state index in [4.69, 9.17) is 23.1 Å². The Morgan fingerprint density at radius 2 is 2.06 bits per heavy atom. The molecule has 0 spiro atoms. The molecule has 0 radical (unpaired) electrons. The van der Waals surface area contributed by atoms with Crippen LogP contribution in [-0.2, 0) is 15.6 Å². The van der Waals surface area contributed by atoms with Gasteiger partial charge >= 0.3 is 6.03 Å². The highest BCUT2D eigenvalue weighted by Crippen LogP contribution is 2.21. The minimum atomic E-state index is -1.61. The van der Waals surface area contributed by atoms with Crippen molar-refractivity contribution in [3.8, 4) is 0 Å². The fourth-order valence-electron chi connectivity index (χ4n) is 1.03. The van der Waals surface area contributed by atoms with E-state index in [0.717, 1.165) is 0 Å². The smallest absolute Gasteiger partial charge is 0.318 e. The predicted octanol–water partition coefficient (Wildman–Crippen LogP) is 0.225. The van der Waals surface area contributed by atoms with Gasteiger partial charge < -0.3 is 11.5 Å². The number of nitrogens with one attached hydrogen (secondary N) is 1. The van der Waals surface area contributed by atoms with Crippen molar-refractivity contribution >= 4 is 40.0 Å². The molecule has 0 aliphatic rings. The van der Waals surface area contributed by atoms with Crippen molar-refractivity contribution in [2.75, 3.05) is 11.5 Å². The van der Waals surface area contributed by atoms with Crippen LogP contribution in [0.5, 0.6) is 0 Å². The van der Waals surface area contributed by atoms with Gasteiger partial charge in [-0.15, -0.1) is 0 Å². The molecule has 0 saturated carbocycles. The van der Waals surface area contributed by atoms with Gasteiger partial charge in [0.15, 0.2) is 0 Å². The zero-order valence-corrected chi connectivity index (χ0v) is 10.2. The molecule has 8 heteroatoms. The summed E-state index contributed by atoms with van der Waals surface area (Å²) >= 11 is 5.74. The molecule has 5 N–H and O–H groups in total. The van der Waals surface area contributed by atoms with Crippen molar-refractivity contribution in [2.24, 2.45) is 5.73 Å². The molecule has 0 aliphatic carbocycles. The van der Waals surface area contributed by atoms with E-state index >= 15 is 0 Å². The van der Waals surface area contributed by atoms with Crippen LogP contribution in [0.1, 0.15) is 0 Å². The molecule has 1 rings (SSSR count). The maximum atomic E-state index is 11.7. The molecule has 1 aromatic rings. The molecule has 17 heavy (non-hydrogen) atoms. The van der Waals surface area contributed by atoms with Gasteiger partial charge in [0.25, 0.3) is 0 Å². The number of nitrogen functional groups attached to an aromatic ring is 1. The number of urea groups is 1. The van der Waals surface area contributed by atoms with Crippen LogP contribution in [-0.4, -0.2) is 21.9 Å². The van der Waals surface area contributed by atoms with E-state index in [9.17, 15) is 13.8 Å². The molecular weight excluding hydrogens is 266 g/mol. The average Bonchev–Trinajstić information content (AvgIpc) is 2.20. The summed E-state index contributed by atoms with van der Waals surface area (Å²) in [6.07, 6.45) is 0. The Kier molecular flexibility index (Phi) is 4.47. The Bertz CT molecular complexity index is 492. The van der Waals surface area contributed by atoms with E-state index in [1.54, 1.807) is 0 Å². The zero-order chi connectivity index (χ0) is 13.0. The molecular formula is C9H10ClN3O3S. The predicted molar refractivity (Wildman–Crippen MR) is 64.9 cm³/mol. The summed E-state index contributed by atoms with van der Waals surface area (Å²) in [5.74, 6) is -1.09. The Morgan fingerprint density at radius 1 is 1.41 bits per heavy atom. The van der Waals surface area contributed by atoms with Crippen LogP contribution >= 0.6 is 11.6 Å². The number of anilines is 1. The standard InChI is InChI=1S/C9H10ClN3O3S/c10-6-3-5(1-2-7(6)11)17(16)4-8(14)13-9(12)15/h1-3H,4,11H2,(H3,12,13,14,15). The van der Waals surface area contributed by atoms with E-state index in [2.05, 4.69) is 0 Å². The topological polar surface area (TPSA) is 115 Å². The molecule has 0 heterocycles. The molecule has 0 fully saturated rings. The highest BCUT2D eigenvalue weighted by Gasteiger charge is 2.12. The summed E-state index contributed by atoms with van der Waals surface area (Å²) in [7, 11) is -1.61. The summed E-state index contributed by atoms with van der Waals surface area (Å²) < 4.78 is 11.7. The van der Waals surface area contributed by atoms with Gasteiger partial charge in [-0.3, -0.25) is 14.3 Å². The molecule has 3 amide bonds. The zero-order valence-electron chi connectivity index (χ0n) is 8.60. The van der Waals surface area contributed by atoms with Gasteiger partial charge in [-0.25, -0.2) is 4.79 Å². The largest absolute Gasteiger partial charge is 0.398 e. The van der Waals surface area contributed by atoms with Gasteiger partial charge in [0, 0.05) is 4.90 Å². The van der Waals surface area contributed by atoms with E-state index in [-0.39, 0.29) is 10.8 Å². The third kappa shape index (κ3) is 4.04. The first kappa shape index (κ1) is 13.5. The van der Waals surface area contributed by atoms with Crippen LogP contribution in [0.25, 0.3) is 0 Å². The summed E-state index contributed by atoms with van der Waals surface area (Å²) in [5.41, 5.74) is 10.6. The van der Waals surface area contributed by atoms with Crippen LogP contribution in [0.4, 0.5) is 10.5 Å². The first-order valence-corrected chi connectivity index (χ1v) is 6.12. The number of imide groups is 1. The Balaban J connectivity index is 2.73. The van der Waals surface area contributed by atoms with Crippen molar-refractivity contribution in [1.82, 2.24) is 5.32 Å². The van der Waals surface area contributed by atoms with Crippen molar-refractivity contribution in [1.29, 1.82) is 0 Å². The second kappa shape index (κ2) is 5.65. The third-order valence-corrected chi connectivity index (χ3v) is 3.39. The van der Waals surface area contributed by atoms with Crippen LogP contribution in [0.15, 0.2) is 23.1 Å². The molecule has 1 atom stereocenters. The number of hydrogen-bond donors (Lipinski definition) is 3. The molecule has 1 aromatic carbocycles. The average molecular weight is 276 g/mol. The SMILES string of the molecule is NC(=O)NC(=O)CS(=O)c1ccc(N)c(Cl)c1. The summed E-state index contributed by atoms with van der Waals surface area (Å²) in [4.78, 5) is 21.9. The summed E-state index contributed by atoms with van der Waals surface area (Å²) in [6, 6.07) is 3.41. The normalized spacial score (nSPS) is 11.8. The lowest BCUT2D eigenvalue weighted by Crippen LogP contribution is -2.37. The highest BCUT2D eigenvalue weighted by atomic mass is 35.5. The molecule has 92 valence electrons. The number of rotatable bonds is 3. The summed E-state index contributed by atoms with van der Waals surface area (Å²) in [6.45, 7) is 0. The van der Waals surface area contributed by atoms with Crippen molar-refractivity contribution < 1.29 is 13.8 Å². The fourth-order valence-corrected chi connectivity index (χ4v) is 2.22. The third-order valence-electron chi connectivity index (χ3n) is 1.76. The van der Waals surface area contributed by atoms with Crippen molar-refractivity contribution in [3.63, 3.8) is 0 Å². The number of primary amides is 1. The van der Waals surface area contributed by atoms with E-state index in [1.165, 1.54) is 18.2 Å². The highest BCUT2D eigenvalue weighted by molar-refractivity contribution is 7.85. The lowest BCUT2D eigenvalue weighted by atomic mass is 10.3. The first-order valence-electron chi connectivity index (χ1n) is 4.43. The van der Waals surface area contributed by atoms with Crippen LogP contribution in [0, 0.1) is 0 Å². The van der Waals surface area contributed by atoms with Crippen LogP contribution < -0.4 is 16.8 Å². The van der Waals surface area contributed by atoms with Gasteiger partial charge in [0.1, 0.15) is 5.75 Å². The number of benzene rings is 1. The van der Waals surface area contributed by atoms with Crippen LogP contribution in [0.3, 0.4) is 0 Å². The van der Waals surface area contributed by atoms with Crippen molar-refractivity contribution in [2.45, 2.75) is 4.90 Å². The van der Waals surface area contributed by atoms with E-state index in [0.29, 0.717) is 10.6 Å². The molecule has 0 aliphatic heterocycles. The van der Waals surface area contributed by atoms with Gasteiger partial charge in [-0.1, -0.05) is 11.6 Å². The van der Waals surface area contributed by atoms with Crippen molar-refractivity contribution in [3.05, 3.63) is 23.2 Å². The molecule has 1 unspecified atom stereocenters. The lowest BCUT2D eigenvalue weighted by molar-refractivity contribution is -0.117.